The molecule has 0 aliphatic carbocycles. The quantitative estimate of drug-likeness (QED) is 0.582. The Balaban J connectivity index is 2.97. The normalized spacial score (nSPS) is 11.6. The molecule has 3 heteroatoms. The Morgan fingerprint density at radius 1 is 1.41 bits per heavy atom. The minimum Gasteiger partial charge on any atom is -0.463 e. The predicted octanol–water partition coefficient (Wildman–Crippen LogP) is 4.11. The van der Waals surface area contributed by atoms with Gasteiger partial charge in [0.2, 0.25) is 0 Å². The molecule has 0 N–H and O–H groups in total. The lowest BCUT2D eigenvalue weighted by Gasteiger charge is -2.05. The van der Waals surface area contributed by atoms with Crippen molar-refractivity contribution < 1.29 is 9.53 Å². The molecule has 0 aliphatic rings. The summed E-state index contributed by atoms with van der Waals surface area (Å²) in [7, 11) is 0. The number of thiophene rings is 1. The van der Waals surface area contributed by atoms with Crippen LogP contribution in [0.3, 0.4) is 0 Å². The molecular weight excluding hydrogens is 232 g/mol. The van der Waals surface area contributed by atoms with Crippen LogP contribution in [0.1, 0.15) is 42.0 Å². The number of hydrogen-bond acceptors (Lipinski definition) is 3. The first-order valence-corrected chi connectivity index (χ1v) is 6.84. The number of aryl methyl sites for hydroxylation is 2. The Kier molecular flexibility index (Phi) is 5.42. The molecular formula is C14H20O2S. The average molecular weight is 252 g/mol. The van der Waals surface area contributed by atoms with Crippen molar-refractivity contribution in [2.75, 3.05) is 6.61 Å². The lowest BCUT2D eigenvalue weighted by Crippen LogP contribution is -2.07. The summed E-state index contributed by atoms with van der Waals surface area (Å²) in [5.74, 6) is -0.183. The van der Waals surface area contributed by atoms with Gasteiger partial charge in [0.25, 0.3) is 0 Å². The Labute approximate surface area is 107 Å². The highest BCUT2D eigenvalue weighted by Gasteiger charge is 2.11. The van der Waals surface area contributed by atoms with E-state index >= 15 is 0 Å². The smallest absolute Gasteiger partial charge is 0.334 e. The third-order valence-corrected chi connectivity index (χ3v) is 3.45. The van der Waals surface area contributed by atoms with Crippen LogP contribution in [0, 0.1) is 13.8 Å². The monoisotopic (exact) mass is 252 g/mol. The minimum atomic E-state index is -0.183. The van der Waals surface area contributed by atoms with E-state index in [4.69, 9.17) is 4.74 Å². The second-order valence-electron chi connectivity index (χ2n) is 4.01. The maximum absolute atomic E-state index is 11.8. The second kappa shape index (κ2) is 6.60. The molecule has 0 bridgehead atoms. The summed E-state index contributed by atoms with van der Waals surface area (Å²) in [4.78, 5) is 14.3. The van der Waals surface area contributed by atoms with Gasteiger partial charge in [0.15, 0.2) is 0 Å². The SMILES string of the molecule is CCC/C(=C\c1cc(C)sc1C)C(=O)OCC. The molecule has 2 nitrogen and oxygen atoms in total. The molecule has 0 atom stereocenters. The Morgan fingerprint density at radius 3 is 2.59 bits per heavy atom. The second-order valence-corrected chi connectivity index (χ2v) is 5.47. The average Bonchev–Trinajstić information content (AvgIpc) is 2.57. The van der Waals surface area contributed by atoms with Crippen molar-refractivity contribution in [1.82, 2.24) is 0 Å². The van der Waals surface area contributed by atoms with Gasteiger partial charge >= 0.3 is 5.97 Å². The van der Waals surface area contributed by atoms with Crippen molar-refractivity contribution in [2.24, 2.45) is 0 Å². The van der Waals surface area contributed by atoms with Crippen molar-refractivity contribution in [1.29, 1.82) is 0 Å². The van der Waals surface area contributed by atoms with Crippen LogP contribution in [-0.4, -0.2) is 12.6 Å². The van der Waals surface area contributed by atoms with E-state index < -0.39 is 0 Å². The van der Waals surface area contributed by atoms with Gasteiger partial charge in [-0.15, -0.1) is 11.3 Å². The fourth-order valence-electron chi connectivity index (χ4n) is 1.71. The highest BCUT2D eigenvalue weighted by molar-refractivity contribution is 7.12. The highest BCUT2D eigenvalue weighted by atomic mass is 32.1. The summed E-state index contributed by atoms with van der Waals surface area (Å²) in [6, 6.07) is 2.12. The summed E-state index contributed by atoms with van der Waals surface area (Å²) < 4.78 is 5.07. The number of hydrogen-bond donors (Lipinski definition) is 0. The lowest BCUT2D eigenvalue weighted by molar-refractivity contribution is -0.138. The van der Waals surface area contributed by atoms with Gasteiger partial charge < -0.3 is 4.74 Å². The van der Waals surface area contributed by atoms with Crippen LogP contribution in [0.5, 0.6) is 0 Å². The van der Waals surface area contributed by atoms with Gasteiger partial charge in [-0.2, -0.15) is 0 Å². The molecule has 0 spiro atoms. The summed E-state index contributed by atoms with van der Waals surface area (Å²) >= 11 is 1.76. The zero-order chi connectivity index (χ0) is 12.8. The van der Waals surface area contributed by atoms with E-state index in [1.54, 1.807) is 11.3 Å². The zero-order valence-corrected chi connectivity index (χ0v) is 11.8. The van der Waals surface area contributed by atoms with Crippen molar-refractivity contribution in [2.45, 2.75) is 40.5 Å². The third-order valence-electron chi connectivity index (χ3n) is 2.47. The lowest BCUT2D eigenvalue weighted by atomic mass is 10.1. The maximum Gasteiger partial charge on any atom is 0.334 e. The van der Waals surface area contributed by atoms with Crippen molar-refractivity contribution in [3.05, 3.63) is 27.0 Å². The van der Waals surface area contributed by atoms with E-state index in [9.17, 15) is 4.79 Å². The van der Waals surface area contributed by atoms with Gasteiger partial charge in [-0.1, -0.05) is 13.3 Å². The molecule has 0 fully saturated rings. The maximum atomic E-state index is 11.8. The van der Waals surface area contributed by atoms with Gasteiger partial charge in [-0.3, -0.25) is 0 Å². The number of carbonyl (C=O) groups excluding carboxylic acids is 1. The van der Waals surface area contributed by atoms with E-state index in [1.165, 1.54) is 9.75 Å². The standard InChI is InChI=1S/C14H20O2S/c1-5-7-12(14(15)16-6-2)9-13-8-10(3)17-11(13)4/h8-9H,5-7H2,1-4H3/b12-9+. The summed E-state index contributed by atoms with van der Waals surface area (Å²) in [5.41, 5.74) is 1.92. The Hall–Kier alpha value is -1.09. The Bertz CT molecular complexity index is 416. The first-order valence-electron chi connectivity index (χ1n) is 6.03. The van der Waals surface area contributed by atoms with Crippen LogP contribution in [-0.2, 0) is 9.53 Å². The third kappa shape index (κ3) is 4.00. The molecule has 1 aromatic rings. The first-order chi connectivity index (χ1) is 8.08. The molecule has 17 heavy (non-hydrogen) atoms. The fraction of sp³-hybridized carbons (Fsp3) is 0.500. The van der Waals surface area contributed by atoms with E-state index in [0.29, 0.717) is 6.61 Å². The molecule has 0 aliphatic heterocycles. The largest absolute Gasteiger partial charge is 0.463 e. The molecule has 0 aromatic carbocycles. The molecule has 0 radical (unpaired) electrons. The zero-order valence-electron chi connectivity index (χ0n) is 11.0. The van der Waals surface area contributed by atoms with Gasteiger partial charge in [-0.05, 0) is 44.9 Å². The van der Waals surface area contributed by atoms with Crippen LogP contribution < -0.4 is 0 Å². The number of esters is 1. The van der Waals surface area contributed by atoms with Crippen molar-refractivity contribution in [3.63, 3.8) is 0 Å². The van der Waals surface area contributed by atoms with Crippen LogP contribution in [0.15, 0.2) is 11.6 Å². The topological polar surface area (TPSA) is 26.3 Å². The molecule has 0 amide bonds. The molecule has 94 valence electrons. The van der Waals surface area contributed by atoms with Crippen LogP contribution in [0.2, 0.25) is 0 Å². The molecule has 0 saturated carbocycles. The van der Waals surface area contributed by atoms with Crippen LogP contribution >= 0.6 is 11.3 Å². The van der Waals surface area contributed by atoms with Crippen LogP contribution in [0.25, 0.3) is 6.08 Å². The van der Waals surface area contributed by atoms with E-state index in [2.05, 4.69) is 26.8 Å². The molecule has 0 saturated heterocycles. The van der Waals surface area contributed by atoms with Crippen LogP contribution in [0.4, 0.5) is 0 Å². The van der Waals surface area contributed by atoms with Gasteiger partial charge in [0.1, 0.15) is 0 Å². The summed E-state index contributed by atoms with van der Waals surface area (Å²) in [6.45, 7) is 8.50. The van der Waals surface area contributed by atoms with Crippen molar-refractivity contribution >= 4 is 23.4 Å². The summed E-state index contributed by atoms with van der Waals surface area (Å²) in [5, 5.41) is 0. The van der Waals surface area contributed by atoms with Gasteiger partial charge in [-0.25, -0.2) is 4.79 Å². The van der Waals surface area contributed by atoms with Crippen molar-refractivity contribution in [3.8, 4) is 0 Å². The van der Waals surface area contributed by atoms with E-state index in [1.807, 2.05) is 13.0 Å². The predicted molar refractivity (Wildman–Crippen MR) is 73.3 cm³/mol. The number of ether oxygens (including phenoxy) is 1. The molecule has 1 aromatic heterocycles. The molecule has 1 rings (SSSR count). The van der Waals surface area contributed by atoms with E-state index in [-0.39, 0.29) is 5.97 Å². The summed E-state index contributed by atoms with van der Waals surface area (Å²) in [6.07, 6.45) is 3.69. The van der Waals surface area contributed by atoms with Gasteiger partial charge in [0.05, 0.1) is 6.61 Å². The number of carbonyl (C=O) groups is 1. The highest BCUT2D eigenvalue weighted by Crippen LogP contribution is 2.24. The first kappa shape index (κ1) is 14.0. The van der Waals surface area contributed by atoms with E-state index in [0.717, 1.165) is 24.0 Å². The minimum absolute atomic E-state index is 0.183. The Morgan fingerprint density at radius 2 is 2.12 bits per heavy atom. The van der Waals surface area contributed by atoms with Gasteiger partial charge in [0, 0.05) is 15.3 Å². The molecule has 0 unspecified atom stereocenters. The number of rotatable bonds is 5. The fourth-order valence-corrected chi connectivity index (χ4v) is 2.61. The molecule has 1 heterocycles.